The maximum atomic E-state index is 14.0. The van der Waals surface area contributed by atoms with Crippen LogP contribution in [0.2, 0.25) is 0 Å². The van der Waals surface area contributed by atoms with E-state index >= 15 is 0 Å². The third kappa shape index (κ3) is 5.65. The maximum Gasteiger partial charge on any atom is 0.240 e. The van der Waals surface area contributed by atoms with Gasteiger partial charge in [0.05, 0.1) is 22.0 Å². The normalized spacial score (nSPS) is 19.5. The lowest BCUT2D eigenvalue weighted by molar-refractivity contribution is 0.261. The minimum Gasteiger partial charge on any atom is -0.367 e. The average molecular weight is 497 g/mol. The SMILES string of the molecule is O=S(=O)(NCCN1CCN(c2ccccc2F)CC1)c1ccc(N2CCCCS2(=O)=O)cc1. The molecule has 0 unspecified atom stereocenters. The number of halogens is 1. The molecule has 2 saturated heterocycles. The van der Waals surface area contributed by atoms with Gasteiger partial charge in [0.1, 0.15) is 5.82 Å². The summed E-state index contributed by atoms with van der Waals surface area (Å²) >= 11 is 0. The highest BCUT2D eigenvalue weighted by atomic mass is 32.2. The molecule has 0 amide bonds. The van der Waals surface area contributed by atoms with Gasteiger partial charge in [-0.1, -0.05) is 12.1 Å². The summed E-state index contributed by atoms with van der Waals surface area (Å²) in [5, 5.41) is 0. The van der Waals surface area contributed by atoms with Gasteiger partial charge in [0.25, 0.3) is 0 Å². The number of anilines is 2. The number of piperazine rings is 1. The van der Waals surface area contributed by atoms with Crippen molar-refractivity contribution in [2.45, 2.75) is 17.7 Å². The van der Waals surface area contributed by atoms with Crippen molar-refractivity contribution in [3.63, 3.8) is 0 Å². The molecule has 0 bridgehead atoms. The summed E-state index contributed by atoms with van der Waals surface area (Å²) < 4.78 is 67.7. The van der Waals surface area contributed by atoms with Crippen molar-refractivity contribution in [2.24, 2.45) is 0 Å². The summed E-state index contributed by atoms with van der Waals surface area (Å²) in [5.41, 5.74) is 1.08. The van der Waals surface area contributed by atoms with Crippen LogP contribution in [0.1, 0.15) is 12.8 Å². The van der Waals surface area contributed by atoms with Crippen LogP contribution in [0.5, 0.6) is 0 Å². The lowest BCUT2D eigenvalue weighted by Crippen LogP contribution is -2.48. The number of para-hydroxylation sites is 1. The molecular formula is C22H29FN4O4S2. The van der Waals surface area contributed by atoms with E-state index in [2.05, 4.69) is 9.62 Å². The smallest absolute Gasteiger partial charge is 0.240 e. The Labute approximate surface area is 195 Å². The van der Waals surface area contributed by atoms with Gasteiger partial charge in [-0.15, -0.1) is 0 Å². The van der Waals surface area contributed by atoms with Crippen LogP contribution in [0, 0.1) is 5.82 Å². The van der Waals surface area contributed by atoms with Crippen molar-refractivity contribution in [1.82, 2.24) is 9.62 Å². The van der Waals surface area contributed by atoms with Crippen molar-refractivity contribution in [3.8, 4) is 0 Å². The molecule has 8 nitrogen and oxygen atoms in total. The first-order valence-electron chi connectivity index (χ1n) is 11.1. The van der Waals surface area contributed by atoms with Gasteiger partial charge in [0.2, 0.25) is 20.0 Å². The van der Waals surface area contributed by atoms with Crippen LogP contribution < -0.4 is 13.9 Å². The van der Waals surface area contributed by atoms with Crippen molar-refractivity contribution in [1.29, 1.82) is 0 Å². The summed E-state index contributed by atoms with van der Waals surface area (Å²) in [4.78, 5) is 4.25. The summed E-state index contributed by atoms with van der Waals surface area (Å²) in [6, 6.07) is 12.7. The number of rotatable bonds is 7. The minimum absolute atomic E-state index is 0.102. The number of nitrogens with zero attached hydrogens (tertiary/aromatic N) is 3. The summed E-state index contributed by atoms with van der Waals surface area (Å²) in [6.45, 7) is 4.00. The van der Waals surface area contributed by atoms with Gasteiger partial charge in [0, 0.05) is 45.8 Å². The standard InChI is InChI=1S/C22H29FN4O4S2/c23-21-5-1-2-6-22(21)26-16-14-25(15-17-26)13-11-24-33(30,31)20-9-7-19(8-10-20)27-12-3-4-18-32(27,28)29/h1-2,5-10,24H,3-4,11-18H2. The van der Waals surface area contributed by atoms with E-state index in [1.807, 2.05) is 11.0 Å². The minimum atomic E-state index is -3.70. The summed E-state index contributed by atoms with van der Waals surface area (Å²) in [5.74, 6) is -0.119. The Hall–Kier alpha value is -2.21. The largest absolute Gasteiger partial charge is 0.367 e. The molecule has 2 fully saturated rings. The molecule has 2 aliphatic heterocycles. The number of sulfonamides is 2. The summed E-state index contributed by atoms with van der Waals surface area (Å²) in [6.07, 6.45) is 1.43. The fraction of sp³-hybridized carbons (Fsp3) is 0.455. The molecule has 2 aromatic rings. The van der Waals surface area contributed by atoms with Gasteiger partial charge >= 0.3 is 0 Å². The summed E-state index contributed by atoms with van der Waals surface area (Å²) in [7, 11) is -7.04. The molecule has 2 aromatic carbocycles. The van der Waals surface area contributed by atoms with Crippen molar-refractivity contribution in [2.75, 3.05) is 60.8 Å². The Kier molecular flexibility index (Phi) is 7.22. The molecule has 180 valence electrons. The van der Waals surface area contributed by atoms with E-state index in [-0.39, 0.29) is 23.0 Å². The molecule has 0 aliphatic carbocycles. The highest BCUT2D eigenvalue weighted by Gasteiger charge is 2.26. The topological polar surface area (TPSA) is 90.0 Å². The van der Waals surface area contributed by atoms with Crippen molar-refractivity contribution >= 4 is 31.4 Å². The molecule has 1 N–H and O–H groups in total. The lowest BCUT2D eigenvalue weighted by Gasteiger charge is -2.36. The zero-order valence-corrected chi connectivity index (χ0v) is 20.0. The Morgan fingerprint density at radius 2 is 1.61 bits per heavy atom. The van der Waals surface area contributed by atoms with Gasteiger partial charge in [0.15, 0.2) is 0 Å². The maximum absolute atomic E-state index is 14.0. The second-order valence-electron chi connectivity index (χ2n) is 8.27. The first-order chi connectivity index (χ1) is 15.8. The molecular weight excluding hydrogens is 467 g/mol. The molecule has 33 heavy (non-hydrogen) atoms. The number of hydrogen-bond donors (Lipinski definition) is 1. The van der Waals surface area contributed by atoms with Crippen LogP contribution in [0.3, 0.4) is 0 Å². The molecule has 2 aliphatic rings. The number of hydrogen-bond acceptors (Lipinski definition) is 6. The predicted octanol–water partition coefficient (Wildman–Crippen LogP) is 1.86. The van der Waals surface area contributed by atoms with Gasteiger partial charge in [-0.3, -0.25) is 9.21 Å². The Morgan fingerprint density at radius 3 is 2.27 bits per heavy atom. The van der Waals surface area contributed by atoms with Crippen molar-refractivity contribution < 1.29 is 21.2 Å². The molecule has 0 atom stereocenters. The first kappa shape index (κ1) is 23.9. The highest BCUT2D eigenvalue weighted by molar-refractivity contribution is 7.92. The third-order valence-corrected chi connectivity index (χ3v) is 9.42. The van der Waals surface area contributed by atoms with Crippen LogP contribution in [-0.2, 0) is 20.0 Å². The van der Waals surface area contributed by atoms with E-state index in [1.54, 1.807) is 24.3 Å². The van der Waals surface area contributed by atoms with E-state index in [1.165, 1.54) is 22.5 Å². The Balaban J connectivity index is 1.28. The lowest BCUT2D eigenvalue weighted by atomic mass is 10.2. The van der Waals surface area contributed by atoms with E-state index in [4.69, 9.17) is 0 Å². The van der Waals surface area contributed by atoms with E-state index in [9.17, 15) is 21.2 Å². The molecule has 0 radical (unpaired) electrons. The number of nitrogens with one attached hydrogen (secondary N) is 1. The zero-order chi connectivity index (χ0) is 23.5. The molecule has 2 heterocycles. The first-order valence-corrected chi connectivity index (χ1v) is 14.2. The zero-order valence-electron chi connectivity index (χ0n) is 18.4. The quantitative estimate of drug-likeness (QED) is 0.629. The van der Waals surface area contributed by atoms with Gasteiger partial charge in [-0.2, -0.15) is 0 Å². The average Bonchev–Trinajstić information content (AvgIpc) is 2.80. The van der Waals surface area contributed by atoms with Crippen LogP contribution in [0.25, 0.3) is 0 Å². The Morgan fingerprint density at radius 1 is 0.909 bits per heavy atom. The van der Waals surface area contributed by atoms with Crippen LogP contribution in [0.4, 0.5) is 15.8 Å². The van der Waals surface area contributed by atoms with Gasteiger partial charge < -0.3 is 4.90 Å². The van der Waals surface area contributed by atoms with Crippen LogP contribution in [0.15, 0.2) is 53.4 Å². The van der Waals surface area contributed by atoms with Crippen LogP contribution in [-0.4, -0.2) is 73.3 Å². The highest BCUT2D eigenvalue weighted by Crippen LogP contribution is 2.25. The van der Waals surface area contributed by atoms with Crippen molar-refractivity contribution in [3.05, 3.63) is 54.3 Å². The monoisotopic (exact) mass is 496 g/mol. The molecule has 0 aromatic heterocycles. The molecule has 4 rings (SSSR count). The predicted molar refractivity (Wildman–Crippen MR) is 127 cm³/mol. The van der Waals surface area contributed by atoms with Gasteiger partial charge in [-0.25, -0.2) is 25.9 Å². The Bertz CT molecular complexity index is 1170. The second-order valence-corrected chi connectivity index (χ2v) is 12.0. The molecule has 11 heteroatoms. The van der Waals surface area contributed by atoms with E-state index < -0.39 is 20.0 Å². The van der Waals surface area contributed by atoms with E-state index in [0.29, 0.717) is 44.0 Å². The fourth-order valence-electron chi connectivity index (χ4n) is 4.21. The third-order valence-electron chi connectivity index (χ3n) is 6.07. The molecule has 0 spiro atoms. The fourth-order valence-corrected chi connectivity index (χ4v) is 6.87. The van der Waals surface area contributed by atoms with Crippen LogP contribution >= 0.6 is 0 Å². The van der Waals surface area contributed by atoms with Gasteiger partial charge in [-0.05, 0) is 49.2 Å². The van der Waals surface area contributed by atoms with E-state index in [0.717, 1.165) is 19.5 Å². The molecule has 0 saturated carbocycles. The number of benzene rings is 2. The second kappa shape index (κ2) is 9.96.